The molecule has 0 unspecified atom stereocenters. The Bertz CT molecular complexity index is 816. The van der Waals surface area contributed by atoms with E-state index in [2.05, 4.69) is 28.3 Å². The highest BCUT2D eigenvalue weighted by atomic mass is 35.5. The summed E-state index contributed by atoms with van der Waals surface area (Å²) < 4.78 is 0. The minimum absolute atomic E-state index is 0.175. The lowest BCUT2D eigenvalue weighted by Crippen LogP contribution is -1.96. The number of benzene rings is 1. The number of phenols is 1. The molecule has 0 amide bonds. The first-order valence-corrected chi connectivity index (χ1v) is 7.79. The molecule has 0 saturated heterocycles. The number of thiophene rings is 1. The molecule has 108 valence electrons. The van der Waals surface area contributed by atoms with Gasteiger partial charge in [-0.05, 0) is 48.7 Å². The van der Waals surface area contributed by atoms with Gasteiger partial charge in [0.05, 0.1) is 11.1 Å². The molecular formula is C15H14ClN3OS. The van der Waals surface area contributed by atoms with E-state index >= 15 is 0 Å². The molecule has 2 heterocycles. The molecule has 3 rings (SSSR count). The van der Waals surface area contributed by atoms with Crippen molar-refractivity contribution in [2.45, 2.75) is 20.3 Å². The van der Waals surface area contributed by atoms with Crippen LogP contribution in [0.5, 0.6) is 5.75 Å². The van der Waals surface area contributed by atoms with Crippen LogP contribution in [0.25, 0.3) is 10.2 Å². The van der Waals surface area contributed by atoms with Crippen LogP contribution in [-0.4, -0.2) is 15.1 Å². The molecule has 2 aromatic heterocycles. The SMILES string of the molecule is CCc1cc2c(Nc3cc(C)ccc3O)nc(Cl)nc2s1. The molecule has 0 atom stereocenters. The Morgan fingerprint density at radius 1 is 1.29 bits per heavy atom. The molecule has 3 aromatic rings. The van der Waals surface area contributed by atoms with E-state index in [1.165, 1.54) is 4.88 Å². The summed E-state index contributed by atoms with van der Waals surface area (Å²) in [6, 6.07) is 7.43. The zero-order chi connectivity index (χ0) is 15.0. The first kappa shape index (κ1) is 14.1. The lowest BCUT2D eigenvalue weighted by molar-refractivity contribution is 0.477. The van der Waals surface area contributed by atoms with Gasteiger partial charge in [-0.3, -0.25) is 0 Å². The monoisotopic (exact) mass is 319 g/mol. The molecule has 4 nitrogen and oxygen atoms in total. The zero-order valence-electron chi connectivity index (χ0n) is 11.6. The highest BCUT2D eigenvalue weighted by Gasteiger charge is 2.12. The summed E-state index contributed by atoms with van der Waals surface area (Å²) in [5.74, 6) is 0.788. The highest BCUT2D eigenvalue weighted by molar-refractivity contribution is 7.18. The standard InChI is InChI=1S/C15H14ClN3OS/c1-3-9-7-10-13(18-15(16)19-14(10)21-9)17-11-6-8(2)4-5-12(11)20/h4-7,20H,3H2,1-2H3,(H,17,18,19). The molecule has 0 aliphatic rings. The van der Waals surface area contributed by atoms with E-state index in [-0.39, 0.29) is 11.0 Å². The van der Waals surface area contributed by atoms with Crippen LogP contribution >= 0.6 is 22.9 Å². The normalized spacial score (nSPS) is 11.0. The Balaban J connectivity index is 2.11. The van der Waals surface area contributed by atoms with Crippen molar-refractivity contribution in [2.75, 3.05) is 5.32 Å². The van der Waals surface area contributed by atoms with Crippen molar-refractivity contribution >= 4 is 44.7 Å². The number of hydrogen-bond acceptors (Lipinski definition) is 5. The Morgan fingerprint density at radius 2 is 2.10 bits per heavy atom. The van der Waals surface area contributed by atoms with Crippen LogP contribution < -0.4 is 5.32 Å². The van der Waals surface area contributed by atoms with Crippen LogP contribution in [0.3, 0.4) is 0 Å². The summed E-state index contributed by atoms with van der Waals surface area (Å²) in [5.41, 5.74) is 1.65. The number of phenolic OH excluding ortho intramolecular Hbond substituents is 1. The van der Waals surface area contributed by atoms with Crippen molar-refractivity contribution in [3.05, 3.63) is 40.0 Å². The van der Waals surface area contributed by atoms with E-state index in [0.29, 0.717) is 11.5 Å². The largest absolute Gasteiger partial charge is 0.506 e. The van der Waals surface area contributed by atoms with Gasteiger partial charge >= 0.3 is 0 Å². The number of nitrogens with zero attached hydrogens (tertiary/aromatic N) is 2. The van der Waals surface area contributed by atoms with Gasteiger partial charge in [0, 0.05) is 4.88 Å². The first-order chi connectivity index (χ1) is 10.1. The fourth-order valence-corrected chi connectivity index (χ4v) is 3.28. The second kappa shape index (κ2) is 5.50. The van der Waals surface area contributed by atoms with E-state index < -0.39 is 0 Å². The molecule has 0 fully saturated rings. The van der Waals surface area contributed by atoms with Gasteiger partial charge in [0.15, 0.2) is 0 Å². The smallest absolute Gasteiger partial charge is 0.225 e. The summed E-state index contributed by atoms with van der Waals surface area (Å²) in [6.07, 6.45) is 0.938. The van der Waals surface area contributed by atoms with Crippen LogP contribution in [0.2, 0.25) is 5.28 Å². The Kier molecular flexibility index (Phi) is 3.69. The van der Waals surface area contributed by atoms with E-state index in [4.69, 9.17) is 11.6 Å². The van der Waals surface area contributed by atoms with Crippen molar-refractivity contribution in [2.24, 2.45) is 0 Å². The van der Waals surface area contributed by atoms with Crippen molar-refractivity contribution in [3.8, 4) is 5.75 Å². The number of aryl methyl sites for hydroxylation is 2. The van der Waals surface area contributed by atoms with Crippen LogP contribution in [0.15, 0.2) is 24.3 Å². The lowest BCUT2D eigenvalue weighted by Gasteiger charge is -2.09. The molecule has 0 bridgehead atoms. The maximum absolute atomic E-state index is 9.95. The number of fused-ring (bicyclic) bond motifs is 1. The Hall–Kier alpha value is -1.85. The maximum Gasteiger partial charge on any atom is 0.225 e. The second-order valence-electron chi connectivity index (χ2n) is 4.77. The number of nitrogens with one attached hydrogen (secondary N) is 1. The highest BCUT2D eigenvalue weighted by Crippen LogP contribution is 2.34. The van der Waals surface area contributed by atoms with Crippen molar-refractivity contribution in [1.29, 1.82) is 0 Å². The topological polar surface area (TPSA) is 58.0 Å². The minimum Gasteiger partial charge on any atom is -0.506 e. The quantitative estimate of drug-likeness (QED) is 0.544. The summed E-state index contributed by atoms with van der Waals surface area (Å²) in [4.78, 5) is 10.6. The number of halogens is 1. The number of aromatic nitrogens is 2. The Labute approximate surface area is 131 Å². The van der Waals surface area contributed by atoms with Gasteiger partial charge in [0.2, 0.25) is 5.28 Å². The maximum atomic E-state index is 9.95. The first-order valence-electron chi connectivity index (χ1n) is 6.59. The number of aromatic hydroxyl groups is 1. The molecule has 2 N–H and O–H groups in total. The molecule has 0 radical (unpaired) electrons. The number of anilines is 2. The lowest BCUT2D eigenvalue weighted by atomic mass is 10.2. The van der Waals surface area contributed by atoms with E-state index in [9.17, 15) is 5.11 Å². The van der Waals surface area contributed by atoms with E-state index in [0.717, 1.165) is 22.2 Å². The van der Waals surface area contributed by atoms with Gasteiger partial charge in [-0.1, -0.05) is 13.0 Å². The number of rotatable bonds is 3. The summed E-state index contributed by atoms with van der Waals surface area (Å²) >= 11 is 7.60. The Morgan fingerprint density at radius 3 is 2.86 bits per heavy atom. The predicted octanol–water partition coefficient (Wildman–Crippen LogP) is 4.66. The minimum atomic E-state index is 0.175. The average molecular weight is 320 g/mol. The second-order valence-corrected chi connectivity index (χ2v) is 6.23. The fourth-order valence-electron chi connectivity index (χ4n) is 2.09. The van der Waals surface area contributed by atoms with Crippen molar-refractivity contribution in [3.63, 3.8) is 0 Å². The van der Waals surface area contributed by atoms with Gasteiger partial charge in [0.25, 0.3) is 0 Å². The molecule has 1 aromatic carbocycles. The molecule has 0 spiro atoms. The van der Waals surface area contributed by atoms with Crippen LogP contribution in [0, 0.1) is 6.92 Å². The van der Waals surface area contributed by atoms with E-state index in [1.807, 2.05) is 19.1 Å². The number of hydrogen-bond donors (Lipinski definition) is 2. The van der Waals surface area contributed by atoms with Crippen LogP contribution in [0.1, 0.15) is 17.4 Å². The fraction of sp³-hybridized carbons (Fsp3) is 0.200. The van der Waals surface area contributed by atoms with Crippen molar-refractivity contribution < 1.29 is 5.11 Å². The van der Waals surface area contributed by atoms with Gasteiger partial charge in [-0.15, -0.1) is 11.3 Å². The molecule has 0 aliphatic carbocycles. The molecule has 0 saturated carbocycles. The van der Waals surface area contributed by atoms with Crippen LogP contribution in [0.4, 0.5) is 11.5 Å². The zero-order valence-corrected chi connectivity index (χ0v) is 13.2. The third-order valence-electron chi connectivity index (χ3n) is 3.17. The predicted molar refractivity (Wildman–Crippen MR) is 87.9 cm³/mol. The van der Waals surface area contributed by atoms with Crippen molar-refractivity contribution in [1.82, 2.24) is 9.97 Å². The summed E-state index contributed by atoms with van der Waals surface area (Å²) in [7, 11) is 0. The summed E-state index contributed by atoms with van der Waals surface area (Å²) in [6.45, 7) is 4.06. The van der Waals surface area contributed by atoms with Gasteiger partial charge < -0.3 is 10.4 Å². The molecule has 0 aliphatic heterocycles. The van der Waals surface area contributed by atoms with Gasteiger partial charge in [-0.2, -0.15) is 4.98 Å². The molecule has 21 heavy (non-hydrogen) atoms. The molecular weight excluding hydrogens is 306 g/mol. The average Bonchev–Trinajstić information content (AvgIpc) is 2.86. The van der Waals surface area contributed by atoms with Gasteiger partial charge in [-0.25, -0.2) is 4.98 Å². The third-order valence-corrected chi connectivity index (χ3v) is 4.51. The van der Waals surface area contributed by atoms with Gasteiger partial charge in [0.1, 0.15) is 16.4 Å². The molecule has 6 heteroatoms. The summed E-state index contributed by atoms with van der Waals surface area (Å²) in [5, 5.41) is 14.2. The third kappa shape index (κ3) is 2.80. The van der Waals surface area contributed by atoms with Crippen LogP contribution in [-0.2, 0) is 6.42 Å². The van der Waals surface area contributed by atoms with E-state index in [1.54, 1.807) is 17.4 Å².